The van der Waals surface area contributed by atoms with Crippen molar-refractivity contribution in [3.63, 3.8) is 0 Å². The highest BCUT2D eigenvalue weighted by molar-refractivity contribution is 6.03. The molecule has 2 heterocycles. The minimum absolute atomic E-state index is 0.0625. The molecule has 102 valence electrons. The number of fused-ring (bicyclic) bond motifs is 2. The van der Waals surface area contributed by atoms with Crippen molar-refractivity contribution >= 4 is 5.78 Å². The van der Waals surface area contributed by atoms with Crippen LogP contribution in [0.15, 0.2) is 0 Å². The smallest absolute Gasteiger partial charge is 0.180 e. The van der Waals surface area contributed by atoms with Crippen molar-refractivity contribution in [3.05, 3.63) is 16.7 Å². The number of rotatable bonds is 2. The number of hydrogen-bond acceptors (Lipinski definition) is 5. The third kappa shape index (κ3) is 1.85. The van der Waals surface area contributed by atoms with Crippen LogP contribution in [0.5, 0.6) is 17.2 Å². The maximum absolute atomic E-state index is 12.1. The van der Waals surface area contributed by atoms with Gasteiger partial charge in [0.2, 0.25) is 0 Å². The molecule has 2 aliphatic heterocycles. The first-order valence-electron chi connectivity index (χ1n) is 6.63. The van der Waals surface area contributed by atoms with Crippen LogP contribution < -0.4 is 15.2 Å². The van der Waals surface area contributed by atoms with Gasteiger partial charge >= 0.3 is 0 Å². The Bertz CT molecular complexity index is 502. The SMILES string of the molecule is NCC(=O)c1c2c(c(O)c3c1OCCC3)OCCC2. The molecule has 3 rings (SSSR count). The van der Waals surface area contributed by atoms with E-state index < -0.39 is 0 Å². The molecule has 0 radical (unpaired) electrons. The molecule has 0 aliphatic carbocycles. The van der Waals surface area contributed by atoms with Gasteiger partial charge < -0.3 is 20.3 Å². The van der Waals surface area contributed by atoms with E-state index >= 15 is 0 Å². The first-order valence-corrected chi connectivity index (χ1v) is 6.63. The number of hydrogen-bond donors (Lipinski definition) is 2. The summed E-state index contributed by atoms with van der Waals surface area (Å²) in [4.78, 5) is 12.1. The molecule has 2 aliphatic rings. The molecule has 19 heavy (non-hydrogen) atoms. The Morgan fingerprint density at radius 3 is 2.42 bits per heavy atom. The lowest BCUT2D eigenvalue weighted by molar-refractivity contribution is 0.0993. The van der Waals surface area contributed by atoms with E-state index in [1.807, 2.05) is 0 Å². The molecule has 5 heteroatoms. The van der Waals surface area contributed by atoms with E-state index in [9.17, 15) is 9.90 Å². The number of Topliss-reactive ketones (excluding diaryl/α,β-unsaturated/α-hetero) is 1. The molecule has 0 fully saturated rings. The van der Waals surface area contributed by atoms with Crippen molar-refractivity contribution in [1.82, 2.24) is 0 Å². The van der Waals surface area contributed by atoms with Crippen molar-refractivity contribution in [2.24, 2.45) is 5.73 Å². The van der Waals surface area contributed by atoms with Crippen LogP contribution >= 0.6 is 0 Å². The lowest BCUT2D eigenvalue weighted by atomic mass is 9.90. The highest BCUT2D eigenvalue weighted by Crippen LogP contribution is 2.47. The molecule has 0 saturated carbocycles. The second kappa shape index (κ2) is 4.74. The van der Waals surface area contributed by atoms with Gasteiger partial charge in [0.05, 0.1) is 25.3 Å². The van der Waals surface area contributed by atoms with E-state index in [2.05, 4.69) is 0 Å². The topological polar surface area (TPSA) is 81.8 Å². The van der Waals surface area contributed by atoms with Gasteiger partial charge in [0.1, 0.15) is 5.75 Å². The fourth-order valence-electron chi connectivity index (χ4n) is 2.82. The van der Waals surface area contributed by atoms with E-state index in [4.69, 9.17) is 15.2 Å². The summed E-state index contributed by atoms with van der Waals surface area (Å²) < 4.78 is 11.2. The molecule has 0 unspecified atom stereocenters. The van der Waals surface area contributed by atoms with E-state index in [0.717, 1.165) is 18.4 Å². The molecule has 5 nitrogen and oxygen atoms in total. The number of ether oxygens (including phenoxy) is 2. The maximum Gasteiger partial charge on any atom is 0.180 e. The second-order valence-corrected chi connectivity index (χ2v) is 4.87. The predicted octanol–water partition coefficient (Wildman–Crippen LogP) is 1.18. The van der Waals surface area contributed by atoms with E-state index in [0.29, 0.717) is 48.7 Å². The molecule has 1 aromatic rings. The van der Waals surface area contributed by atoms with Gasteiger partial charge in [-0.1, -0.05) is 0 Å². The number of carbonyl (C=O) groups excluding carboxylic acids is 1. The summed E-state index contributed by atoms with van der Waals surface area (Å²) in [6.45, 7) is 1.07. The fourth-order valence-corrected chi connectivity index (χ4v) is 2.82. The Labute approximate surface area is 111 Å². The summed E-state index contributed by atoms with van der Waals surface area (Å²) in [7, 11) is 0. The number of benzene rings is 1. The Morgan fingerprint density at radius 1 is 1.11 bits per heavy atom. The van der Waals surface area contributed by atoms with Gasteiger partial charge in [0, 0.05) is 11.1 Å². The van der Waals surface area contributed by atoms with E-state index in [1.54, 1.807) is 0 Å². The summed E-state index contributed by atoms with van der Waals surface area (Å²) in [6.07, 6.45) is 3.06. The van der Waals surface area contributed by atoms with Gasteiger partial charge in [-0.05, 0) is 25.7 Å². The van der Waals surface area contributed by atoms with E-state index in [1.165, 1.54) is 0 Å². The first kappa shape index (κ1) is 12.3. The molecular formula is C14H17NO4. The lowest BCUT2D eigenvalue weighted by Crippen LogP contribution is -2.23. The average Bonchev–Trinajstić information content (AvgIpc) is 2.47. The van der Waals surface area contributed by atoms with Gasteiger partial charge in [-0.25, -0.2) is 0 Å². The molecule has 0 aromatic heterocycles. The highest BCUT2D eigenvalue weighted by atomic mass is 16.5. The van der Waals surface area contributed by atoms with Crippen LogP contribution in [0, 0.1) is 0 Å². The standard InChI is InChI=1S/C14H17NO4/c15-7-10(16)11-8-3-1-6-19-14(8)12(17)9-4-2-5-18-13(9)11/h17H,1-7,15H2. The maximum atomic E-state index is 12.1. The molecule has 3 N–H and O–H groups in total. The predicted molar refractivity (Wildman–Crippen MR) is 69.1 cm³/mol. The summed E-state index contributed by atoms with van der Waals surface area (Å²) in [5.74, 6) is 0.952. The van der Waals surface area contributed by atoms with Gasteiger partial charge in [-0.3, -0.25) is 4.79 Å². The minimum Gasteiger partial charge on any atom is -0.504 e. The summed E-state index contributed by atoms with van der Waals surface area (Å²) in [6, 6.07) is 0. The highest BCUT2D eigenvalue weighted by Gasteiger charge is 2.31. The normalized spacial score (nSPS) is 16.9. The quantitative estimate of drug-likeness (QED) is 0.783. The number of nitrogens with two attached hydrogens (primary N) is 1. The largest absolute Gasteiger partial charge is 0.504 e. The Morgan fingerprint density at radius 2 is 1.74 bits per heavy atom. The van der Waals surface area contributed by atoms with Crippen LogP contribution in [0.2, 0.25) is 0 Å². The monoisotopic (exact) mass is 263 g/mol. The molecule has 0 bridgehead atoms. The van der Waals surface area contributed by atoms with Crippen LogP contribution in [-0.2, 0) is 12.8 Å². The molecule has 0 atom stereocenters. The Hall–Kier alpha value is -1.75. The van der Waals surface area contributed by atoms with Gasteiger partial charge in [-0.2, -0.15) is 0 Å². The van der Waals surface area contributed by atoms with Gasteiger partial charge in [-0.15, -0.1) is 0 Å². The zero-order valence-corrected chi connectivity index (χ0v) is 10.7. The van der Waals surface area contributed by atoms with Gasteiger partial charge in [0.15, 0.2) is 17.3 Å². The average molecular weight is 263 g/mol. The zero-order chi connectivity index (χ0) is 13.4. The van der Waals surface area contributed by atoms with Crippen molar-refractivity contribution in [3.8, 4) is 17.2 Å². The summed E-state index contributed by atoms with van der Waals surface area (Å²) >= 11 is 0. The number of carbonyl (C=O) groups is 1. The van der Waals surface area contributed by atoms with E-state index in [-0.39, 0.29) is 18.1 Å². The Kier molecular flexibility index (Phi) is 3.06. The van der Waals surface area contributed by atoms with Crippen LogP contribution in [-0.4, -0.2) is 30.6 Å². The van der Waals surface area contributed by atoms with Crippen LogP contribution in [0.25, 0.3) is 0 Å². The molecule has 0 spiro atoms. The second-order valence-electron chi connectivity index (χ2n) is 4.87. The number of phenols is 1. The summed E-state index contributed by atoms with van der Waals surface area (Å²) in [5, 5.41) is 10.3. The summed E-state index contributed by atoms with van der Waals surface area (Å²) in [5.41, 5.74) is 7.45. The first-order chi connectivity index (χ1) is 9.24. The number of phenolic OH excluding ortho intramolecular Hbond substituents is 1. The Balaban J connectivity index is 2.28. The van der Waals surface area contributed by atoms with Crippen LogP contribution in [0.3, 0.4) is 0 Å². The van der Waals surface area contributed by atoms with Crippen LogP contribution in [0.1, 0.15) is 34.3 Å². The number of aromatic hydroxyl groups is 1. The molecule has 1 aromatic carbocycles. The van der Waals surface area contributed by atoms with Crippen molar-refractivity contribution in [1.29, 1.82) is 0 Å². The fraction of sp³-hybridized carbons (Fsp3) is 0.500. The third-order valence-electron chi connectivity index (χ3n) is 3.68. The lowest BCUT2D eigenvalue weighted by Gasteiger charge is -2.28. The van der Waals surface area contributed by atoms with Crippen molar-refractivity contribution in [2.75, 3.05) is 19.8 Å². The van der Waals surface area contributed by atoms with Gasteiger partial charge in [0.25, 0.3) is 0 Å². The van der Waals surface area contributed by atoms with Crippen LogP contribution in [0.4, 0.5) is 0 Å². The molecule has 0 amide bonds. The van der Waals surface area contributed by atoms with Crippen molar-refractivity contribution < 1.29 is 19.4 Å². The molecule has 0 saturated heterocycles. The van der Waals surface area contributed by atoms with Crippen molar-refractivity contribution in [2.45, 2.75) is 25.7 Å². The number of ketones is 1. The minimum atomic E-state index is -0.153. The zero-order valence-electron chi connectivity index (χ0n) is 10.7. The third-order valence-corrected chi connectivity index (χ3v) is 3.68. The molecular weight excluding hydrogens is 246 g/mol.